The molecule has 1 rings (SSSR count). The van der Waals surface area contributed by atoms with Crippen LogP contribution in [0.4, 0.5) is 10.1 Å². The number of hydrogen-bond acceptors (Lipinski definition) is 3. The predicted molar refractivity (Wildman–Crippen MR) is 84.6 cm³/mol. The molecule has 0 fully saturated rings. The first-order valence-corrected chi connectivity index (χ1v) is 7.26. The second kappa shape index (κ2) is 7.60. The molecule has 0 spiro atoms. The maximum absolute atomic E-state index is 14.3. The van der Waals surface area contributed by atoms with Crippen molar-refractivity contribution in [1.82, 2.24) is 4.90 Å². The molecule has 1 atom stereocenters. The van der Waals surface area contributed by atoms with Crippen LogP contribution in [-0.2, 0) is 0 Å². The molecule has 20 heavy (non-hydrogen) atoms. The maximum atomic E-state index is 14.3. The molecule has 0 aliphatic carbocycles. The molecule has 0 aliphatic heterocycles. The van der Waals surface area contributed by atoms with Crippen LogP contribution in [0, 0.1) is 11.7 Å². The van der Waals surface area contributed by atoms with Gasteiger partial charge in [0.05, 0.1) is 5.69 Å². The summed E-state index contributed by atoms with van der Waals surface area (Å²) in [6, 6.07) is 5.19. The lowest BCUT2D eigenvalue weighted by molar-refractivity contribution is 0.407. The average Bonchev–Trinajstić information content (AvgIpc) is 2.33. The first-order valence-electron chi connectivity index (χ1n) is 7.26. The van der Waals surface area contributed by atoms with Crippen molar-refractivity contribution in [3.05, 3.63) is 29.6 Å². The van der Waals surface area contributed by atoms with E-state index in [0.717, 1.165) is 25.2 Å². The highest BCUT2D eigenvalue weighted by Gasteiger charge is 2.14. The van der Waals surface area contributed by atoms with E-state index in [1.54, 1.807) is 6.07 Å². The summed E-state index contributed by atoms with van der Waals surface area (Å²) in [6.45, 7) is 8.74. The number of nitrogens with zero attached hydrogens (tertiary/aromatic N) is 2. The molecule has 1 aromatic rings. The maximum Gasteiger partial charge on any atom is 0.146 e. The molecule has 0 heterocycles. The van der Waals surface area contributed by atoms with Gasteiger partial charge >= 0.3 is 0 Å². The molecule has 3 nitrogen and oxygen atoms in total. The Morgan fingerprint density at radius 3 is 2.25 bits per heavy atom. The van der Waals surface area contributed by atoms with Crippen LogP contribution >= 0.6 is 0 Å². The molecule has 0 unspecified atom stereocenters. The molecule has 0 aromatic heterocycles. The van der Waals surface area contributed by atoms with E-state index >= 15 is 0 Å². The molecular weight excluding hydrogens is 253 g/mol. The molecule has 0 amide bonds. The second-order valence-electron chi connectivity index (χ2n) is 6.14. The van der Waals surface area contributed by atoms with Crippen LogP contribution in [0.1, 0.15) is 32.4 Å². The summed E-state index contributed by atoms with van der Waals surface area (Å²) in [7, 11) is 4.06. The summed E-state index contributed by atoms with van der Waals surface area (Å²) in [5, 5.41) is 0. The van der Waals surface area contributed by atoms with E-state index in [1.807, 2.05) is 33.2 Å². The Bertz CT molecular complexity index is 416. The van der Waals surface area contributed by atoms with E-state index in [1.165, 1.54) is 0 Å². The quantitative estimate of drug-likeness (QED) is 0.834. The molecule has 0 aliphatic rings. The van der Waals surface area contributed by atoms with Crippen LogP contribution < -0.4 is 10.6 Å². The van der Waals surface area contributed by atoms with Crippen LogP contribution in [0.25, 0.3) is 0 Å². The van der Waals surface area contributed by atoms with Crippen molar-refractivity contribution in [3.63, 3.8) is 0 Å². The van der Waals surface area contributed by atoms with Gasteiger partial charge in [0, 0.05) is 25.7 Å². The molecule has 4 heteroatoms. The van der Waals surface area contributed by atoms with Crippen molar-refractivity contribution < 1.29 is 4.39 Å². The van der Waals surface area contributed by atoms with Gasteiger partial charge in [-0.2, -0.15) is 0 Å². The Hall–Kier alpha value is -1.13. The Balaban J connectivity index is 2.94. The van der Waals surface area contributed by atoms with Crippen molar-refractivity contribution in [3.8, 4) is 0 Å². The van der Waals surface area contributed by atoms with Crippen molar-refractivity contribution in [1.29, 1.82) is 0 Å². The van der Waals surface area contributed by atoms with Gasteiger partial charge in [-0.15, -0.1) is 0 Å². The first kappa shape index (κ1) is 16.9. The fraction of sp³-hybridized carbons (Fsp3) is 0.625. The van der Waals surface area contributed by atoms with Gasteiger partial charge in [-0.05, 0) is 44.6 Å². The third-order valence-corrected chi connectivity index (χ3v) is 3.24. The lowest BCUT2D eigenvalue weighted by Gasteiger charge is -2.28. The van der Waals surface area contributed by atoms with Crippen LogP contribution in [-0.4, -0.2) is 38.6 Å². The van der Waals surface area contributed by atoms with Gasteiger partial charge in [-0.1, -0.05) is 19.9 Å². The zero-order valence-corrected chi connectivity index (χ0v) is 13.4. The summed E-state index contributed by atoms with van der Waals surface area (Å²) >= 11 is 0. The number of hydrogen-bond donors (Lipinski definition) is 1. The molecule has 1 aromatic carbocycles. The second-order valence-corrected chi connectivity index (χ2v) is 6.14. The molecule has 0 radical (unpaired) electrons. The van der Waals surface area contributed by atoms with Crippen LogP contribution in [0.2, 0.25) is 0 Å². The van der Waals surface area contributed by atoms with Crippen molar-refractivity contribution in [2.45, 2.75) is 26.8 Å². The summed E-state index contributed by atoms with van der Waals surface area (Å²) < 4.78 is 14.3. The number of anilines is 1. The van der Waals surface area contributed by atoms with Gasteiger partial charge in [0.25, 0.3) is 0 Å². The zero-order valence-electron chi connectivity index (χ0n) is 13.4. The highest BCUT2D eigenvalue weighted by Crippen LogP contribution is 2.23. The Morgan fingerprint density at radius 1 is 1.15 bits per heavy atom. The van der Waals surface area contributed by atoms with Gasteiger partial charge in [-0.3, -0.25) is 0 Å². The third kappa shape index (κ3) is 5.10. The minimum Gasteiger partial charge on any atom is -0.368 e. The van der Waals surface area contributed by atoms with E-state index in [-0.39, 0.29) is 11.9 Å². The number of likely N-dealkylation sites (N-methyl/N-ethyl adjacent to an activating group) is 1. The van der Waals surface area contributed by atoms with Gasteiger partial charge < -0.3 is 15.5 Å². The van der Waals surface area contributed by atoms with E-state index in [4.69, 9.17) is 5.73 Å². The zero-order chi connectivity index (χ0) is 15.3. The van der Waals surface area contributed by atoms with Crippen LogP contribution in [0.15, 0.2) is 18.2 Å². The van der Waals surface area contributed by atoms with E-state index in [9.17, 15) is 4.39 Å². The van der Waals surface area contributed by atoms with Crippen molar-refractivity contribution in [2.75, 3.05) is 38.6 Å². The van der Waals surface area contributed by atoms with Gasteiger partial charge in [0.2, 0.25) is 0 Å². The summed E-state index contributed by atoms with van der Waals surface area (Å²) in [4.78, 5) is 4.23. The number of rotatable bonds is 7. The van der Waals surface area contributed by atoms with Crippen molar-refractivity contribution in [2.24, 2.45) is 11.7 Å². The monoisotopic (exact) mass is 281 g/mol. The summed E-state index contributed by atoms with van der Waals surface area (Å²) in [6.07, 6.45) is 0. The van der Waals surface area contributed by atoms with Gasteiger partial charge in [0.15, 0.2) is 0 Å². The van der Waals surface area contributed by atoms with Crippen LogP contribution in [0.3, 0.4) is 0 Å². The smallest absolute Gasteiger partial charge is 0.146 e. The Morgan fingerprint density at radius 2 is 1.80 bits per heavy atom. The lowest BCUT2D eigenvalue weighted by Crippen LogP contribution is -2.35. The van der Waals surface area contributed by atoms with Gasteiger partial charge in [-0.25, -0.2) is 4.39 Å². The minimum absolute atomic E-state index is 0.140. The summed E-state index contributed by atoms with van der Waals surface area (Å²) in [5.74, 6) is 0.309. The standard InChI is InChI=1S/C16H28FN3/c1-12(2)11-20(9-8-19(4)5)16-7-6-14(13(3)18)10-15(16)17/h6-7,10,12-13H,8-9,11,18H2,1-5H3/t13-/m0/s1. The normalized spacial score (nSPS) is 13.1. The van der Waals surface area contributed by atoms with Crippen LogP contribution in [0.5, 0.6) is 0 Å². The fourth-order valence-corrected chi connectivity index (χ4v) is 2.13. The molecule has 0 saturated heterocycles. The first-order chi connectivity index (χ1) is 9.31. The van der Waals surface area contributed by atoms with Gasteiger partial charge in [0.1, 0.15) is 5.82 Å². The number of benzene rings is 1. The highest BCUT2D eigenvalue weighted by molar-refractivity contribution is 5.49. The van der Waals surface area contributed by atoms with E-state index in [0.29, 0.717) is 11.6 Å². The Kier molecular flexibility index (Phi) is 6.43. The fourth-order valence-electron chi connectivity index (χ4n) is 2.13. The Labute approximate surface area is 122 Å². The lowest BCUT2D eigenvalue weighted by atomic mass is 10.1. The van der Waals surface area contributed by atoms with E-state index in [2.05, 4.69) is 23.6 Å². The molecule has 0 bridgehead atoms. The third-order valence-electron chi connectivity index (χ3n) is 3.24. The molecular formula is C16H28FN3. The summed E-state index contributed by atoms with van der Waals surface area (Å²) in [5.41, 5.74) is 7.31. The van der Waals surface area contributed by atoms with E-state index < -0.39 is 0 Å². The number of halogens is 1. The molecule has 0 saturated carbocycles. The molecule has 114 valence electrons. The predicted octanol–water partition coefficient (Wildman–Crippen LogP) is 2.87. The average molecular weight is 281 g/mol. The highest BCUT2D eigenvalue weighted by atomic mass is 19.1. The molecule has 2 N–H and O–H groups in total. The largest absolute Gasteiger partial charge is 0.368 e. The van der Waals surface area contributed by atoms with Crippen molar-refractivity contribution >= 4 is 5.69 Å². The number of nitrogens with two attached hydrogens (primary N) is 1. The minimum atomic E-state index is -0.181. The SMILES string of the molecule is CC(C)CN(CCN(C)C)c1ccc([C@H](C)N)cc1F. The topological polar surface area (TPSA) is 32.5 Å².